The molecule has 0 aliphatic heterocycles. The summed E-state index contributed by atoms with van der Waals surface area (Å²) in [5.41, 5.74) is 0.719. The first-order valence-corrected chi connectivity index (χ1v) is 8.59. The first kappa shape index (κ1) is 19.4. The number of hydrogen-bond donors (Lipinski definition) is 0. The lowest BCUT2D eigenvalue weighted by atomic mass is 10.2. The molecule has 3 rings (SSSR count). The smallest absolute Gasteiger partial charge is 0.272 e. The molecule has 3 aromatic rings. The topological polar surface area (TPSA) is 100 Å². The highest BCUT2D eigenvalue weighted by atomic mass is 35.5. The summed E-state index contributed by atoms with van der Waals surface area (Å²) < 4.78 is 12.6. The number of halogens is 1. The predicted octanol–water partition coefficient (Wildman–Crippen LogP) is 4.36. The van der Waals surface area contributed by atoms with E-state index in [1.54, 1.807) is 38.4 Å². The Kier molecular flexibility index (Phi) is 5.60. The van der Waals surface area contributed by atoms with E-state index in [0.717, 1.165) is 0 Å². The van der Waals surface area contributed by atoms with E-state index in [4.69, 9.17) is 20.8 Å². The van der Waals surface area contributed by atoms with Crippen LogP contribution in [0.25, 0.3) is 6.08 Å². The van der Waals surface area contributed by atoms with Gasteiger partial charge in [0.1, 0.15) is 23.9 Å². The number of nitrogens with zero attached hydrogens (tertiary/aromatic N) is 3. The van der Waals surface area contributed by atoms with Gasteiger partial charge < -0.3 is 9.15 Å². The first-order chi connectivity index (χ1) is 13.3. The van der Waals surface area contributed by atoms with Crippen molar-refractivity contribution in [3.05, 3.63) is 80.5 Å². The van der Waals surface area contributed by atoms with Gasteiger partial charge in [0.15, 0.2) is 5.69 Å². The van der Waals surface area contributed by atoms with E-state index in [2.05, 4.69) is 5.10 Å². The maximum absolute atomic E-state index is 12.1. The average molecular weight is 402 g/mol. The summed E-state index contributed by atoms with van der Waals surface area (Å²) >= 11 is 5.95. The molecule has 0 saturated heterocycles. The molecule has 0 atom stereocenters. The Hall–Kier alpha value is -3.39. The summed E-state index contributed by atoms with van der Waals surface area (Å²) in [7, 11) is 1.68. The molecule has 28 heavy (non-hydrogen) atoms. The standard InChI is InChI=1S/C19H16ClN3O5/c1-12-9-14(5-7-17(12)23(25)26)27-11-15-4-3-13(28-15)6-8-18(24)19-16(20)10-22(2)21-19/h3-10H,11H2,1-2H3/b8-6+. The molecule has 144 valence electrons. The minimum atomic E-state index is -0.441. The number of aryl methyl sites for hydroxylation is 2. The third kappa shape index (κ3) is 4.47. The fraction of sp³-hybridized carbons (Fsp3) is 0.158. The number of ketones is 1. The van der Waals surface area contributed by atoms with Crippen molar-refractivity contribution in [2.45, 2.75) is 13.5 Å². The summed E-state index contributed by atoms with van der Waals surface area (Å²) in [6, 6.07) is 7.94. The SMILES string of the molecule is Cc1cc(OCc2ccc(/C=C/C(=O)c3nn(C)cc3Cl)o2)ccc1[N+](=O)[O-]. The number of furan rings is 1. The number of nitro benzene ring substituents is 1. The Labute approximate surface area is 165 Å². The summed E-state index contributed by atoms with van der Waals surface area (Å²) in [6.07, 6.45) is 4.40. The molecule has 0 fully saturated rings. The van der Waals surface area contributed by atoms with Crippen molar-refractivity contribution in [1.29, 1.82) is 0 Å². The second-order valence-electron chi connectivity index (χ2n) is 6.00. The molecule has 0 amide bonds. The number of carbonyl (C=O) groups excluding carboxylic acids is 1. The van der Waals surface area contributed by atoms with Gasteiger partial charge in [-0.3, -0.25) is 19.6 Å². The second kappa shape index (κ2) is 8.10. The van der Waals surface area contributed by atoms with Crippen molar-refractivity contribution in [2.24, 2.45) is 7.05 Å². The van der Waals surface area contributed by atoms with Crippen LogP contribution < -0.4 is 4.74 Å². The van der Waals surface area contributed by atoms with Crippen LogP contribution >= 0.6 is 11.6 Å². The molecule has 2 heterocycles. The van der Waals surface area contributed by atoms with Crippen molar-refractivity contribution in [1.82, 2.24) is 9.78 Å². The van der Waals surface area contributed by atoms with Crippen LogP contribution in [0.4, 0.5) is 5.69 Å². The molecular weight excluding hydrogens is 386 g/mol. The van der Waals surface area contributed by atoms with E-state index in [9.17, 15) is 14.9 Å². The minimum absolute atomic E-state index is 0.0375. The molecule has 1 aromatic carbocycles. The van der Waals surface area contributed by atoms with Gasteiger partial charge in [0.2, 0.25) is 5.78 Å². The maximum Gasteiger partial charge on any atom is 0.272 e. The van der Waals surface area contributed by atoms with Gasteiger partial charge in [-0.25, -0.2) is 0 Å². The number of ether oxygens (including phenoxy) is 1. The highest BCUT2D eigenvalue weighted by Crippen LogP contribution is 2.24. The zero-order valence-corrected chi connectivity index (χ0v) is 15.8. The van der Waals surface area contributed by atoms with Gasteiger partial charge in [-0.15, -0.1) is 0 Å². The molecule has 0 radical (unpaired) electrons. The quantitative estimate of drug-likeness (QED) is 0.252. The van der Waals surface area contributed by atoms with Gasteiger partial charge in [0, 0.05) is 24.9 Å². The van der Waals surface area contributed by atoms with E-state index >= 15 is 0 Å². The zero-order chi connectivity index (χ0) is 20.3. The number of carbonyl (C=O) groups is 1. The Morgan fingerprint density at radius 3 is 2.82 bits per heavy atom. The van der Waals surface area contributed by atoms with E-state index in [1.807, 2.05) is 0 Å². The van der Waals surface area contributed by atoms with Crippen LogP contribution in [0.5, 0.6) is 5.75 Å². The largest absolute Gasteiger partial charge is 0.486 e. The number of allylic oxidation sites excluding steroid dienone is 1. The molecule has 0 N–H and O–H groups in total. The Bertz CT molecular complexity index is 1070. The predicted molar refractivity (Wildman–Crippen MR) is 102 cm³/mol. The Balaban J connectivity index is 1.61. The molecule has 0 unspecified atom stereocenters. The number of hydrogen-bond acceptors (Lipinski definition) is 6. The molecule has 2 aromatic heterocycles. The molecule has 0 aliphatic carbocycles. The Morgan fingerprint density at radius 1 is 1.39 bits per heavy atom. The normalized spacial score (nSPS) is 11.1. The van der Waals surface area contributed by atoms with Gasteiger partial charge in [-0.05, 0) is 43.3 Å². The van der Waals surface area contributed by atoms with Crippen molar-refractivity contribution in [2.75, 3.05) is 0 Å². The Morgan fingerprint density at radius 2 is 2.18 bits per heavy atom. The summed E-state index contributed by atoms with van der Waals surface area (Å²) in [4.78, 5) is 22.5. The number of benzene rings is 1. The van der Waals surface area contributed by atoms with Gasteiger partial charge in [0.25, 0.3) is 5.69 Å². The highest BCUT2D eigenvalue weighted by molar-refractivity contribution is 6.34. The molecule has 0 bridgehead atoms. The molecule has 0 saturated carbocycles. The molecule has 0 spiro atoms. The van der Waals surface area contributed by atoms with Crippen LogP contribution in [0.2, 0.25) is 5.02 Å². The summed E-state index contributed by atoms with van der Waals surface area (Å²) in [6.45, 7) is 1.79. The lowest BCUT2D eigenvalue weighted by molar-refractivity contribution is -0.385. The fourth-order valence-electron chi connectivity index (χ4n) is 2.50. The van der Waals surface area contributed by atoms with E-state index in [1.165, 1.54) is 29.0 Å². The van der Waals surface area contributed by atoms with Crippen molar-refractivity contribution < 1.29 is 18.9 Å². The van der Waals surface area contributed by atoms with Crippen LogP contribution in [0.3, 0.4) is 0 Å². The molecule has 9 heteroatoms. The number of aromatic nitrogens is 2. The van der Waals surface area contributed by atoms with Crippen LogP contribution in [-0.2, 0) is 13.7 Å². The van der Waals surface area contributed by atoms with E-state index < -0.39 is 4.92 Å². The number of rotatable bonds is 7. The second-order valence-corrected chi connectivity index (χ2v) is 6.40. The molecule has 8 nitrogen and oxygen atoms in total. The zero-order valence-electron chi connectivity index (χ0n) is 15.1. The van der Waals surface area contributed by atoms with Crippen LogP contribution in [-0.4, -0.2) is 20.5 Å². The monoisotopic (exact) mass is 401 g/mol. The number of nitro groups is 1. The molecule has 0 aliphatic rings. The first-order valence-electron chi connectivity index (χ1n) is 8.21. The minimum Gasteiger partial charge on any atom is -0.486 e. The highest BCUT2D eigenvalue weighted by Gasteiger charge is 2.13. The van der Waals surface area contributed by atoms with Gasteiger partial charge in [-0.1, -0.05) is 11.6 Å². The summed E-state index contributed by atoms with van der Waals surface area (Å²) in [5.74, 6) is 1.18. The van der Waals surface area contributed by atoms with Crippen molar-refractivity contribution in [3.63, 3.8) is 0 Å². The fourth-order valence-corrected chi connectivity index (χ4v) is 2.77. The lowest BCUT2D eigenvalue weighted by Gasteiger charge is -2.05. The third-order valence-electron chi connectivity index (χ3n) is 3.84. The van der Waals surface area contributed by atoms with E-state index in [-0.39, 0.29) is 28.8 Å². The van der Waals surface area contributed by atoms with Gasteiger partial charge >= 0.3 is 0 Å². The third-order valence-corrected chi connectivity index (χ3v) is 4.12. The van der Waals surface area contributed by atoms with Crippen molar-refractivity contribution in [3.8, 4) is 5.75 Å². The lowest BCUT2D eigenvalue weighted by Crippen LogP contribution is -1.98. The van der Waals surface area contributed by atoms with E-state index in [0.29, 0.717) is 22.8 Å². The summed E-state index contributed by atoms with van der Waals surface area (Å²) in [5, 5.41) is 15.1. The molecular formula is C19H16ClN3O5. The van der Waals surface area contributed by atoms with Crippen LogP contribution in [0, 0.1) is 17.0 Å². The van der Waals surface area contributed by atoms with Gasteiger partial charge in [-0.2, -0.15) is 5.10 Å². The van der Waals surface area contributed by atoms with Crippen LogP contribution in [0.15, 0.2) is 47.0 Å². The average Bonchev–Trinajstić information content (AvgIpc) is 3.23. The van der Waals surface area contributed by atoms with Gasteiger partial charge in [0.05, 0.1) is 9.95 Å². The van der Waals surface area contributed by atoms with Crippen LogP contribution in [0.1, 0.15) is 27.6 Å². The maximum atomic E-state index is 12.1. The van der Waals surface area contributed by atoms with Crippen molar-refractivity contribution >= 4 is 29.1 Å².